The lowest BCUT2D eigenvalue weighted by Gasteiger charge is -2.19. The second-order valence-corrected chi connectivity index (χ2v) is 3.43. The Hall–Kier alpha value is 0.250. The summed E-state index contributed by atoms with van der Waals surface area (Å²) in [6.45, 7) is 0. The van der Waals surface area contributed by atoms with Crippen LogP contribution in [0, 0.1) is 0 Å². The molecule has 0 N–H and O–H groups in total. The van der Waals surface area contributed by atoms with Crippen LogP contribution in [0.3, 0.4) is 0 Å². The summed E-state index contributed by atoms with van der Waals surface area (Å²) >= 11 is 11.5. The highest BCUT2D eigenvalue weighted by Crippen LogP contribution is 2.24. The van der Waals surface area contributed by atoms with Crippen LogP contribution in [0.15, 0.2) is 0 Å². The Morgan fingerprint density at radius 2 is 2.00 bits per heavy atom. The van der Waals surface area contributed by atoms with E-state index in [9.17, 15) is 4.79 Å². The molecule has 1 rings (SSSR count). The lowest BCUT2D eigenvalue weighted by molar-refractivity contribution is -0.120. The van der Waals surface area contributed by atoms with Crippen LogP contribution >= 0.6 is 23.2 Å². The Labute approximate surface area is 64.3 Å². The molecule has 0 amide bonds. The summed E-state index contributed by atoms with van der Waals surface area (Å²) in [5, 5.41) is -0.128. The molecule has 0 aromatic heterocycles. The minimum atomic E-state index is -0.132. The first-order chi connectivity index (χ1) is 4.20. The van der Waals surface area contributed by atoms with Gasteiger partial charge in [-0.2, -0.15) is 0 Å². The van der Waals surface area contributed by atoms with E-state index in [1.807, 2.05) is 0 Å². The van der Waals surface area contributed by atoms with Crippen molar-refractivity contribution < 1.29 is 4.79 Å². The third-order valence-corrected chi connectivity index (χ3v) is 2.62. The first-order valence-corrected chi connectivity index (χ1v) is 3.87. The lowest BCUT2D eigenvalue weighted by atomic mass is 9.98. The van der Waals surface area contributed by atoms with Crippen LogP contribution in [0.25, 0.3) is 0 Å². The second kappa shape index (κ2) is 2.89. The fourth-order valence-electron chi connectivity index (χ4n) is 0.927. The summed E-state index contributed by atoms with van der Waals surface area (Å²) in [6, 6.07) is 0. The largest absolute Gasteiger partial charge is 0.300 e. The van der Waals surface area contributed by atoms with Crippen molar-refractivity contribution in [2.24, 2.45) is 0 Å². The van der Waals surface area contributed by atoms with Crippen molar-refractivity contribution in [3.05, 3.63) is 0 Å². The number of Topliss-reactive ketones (excluding diaryl/α,β-unsaturated/α-hetero) is 1. The lowest BCUT2D eigenvalue weighted by Crippen LogP contribution is -2.25. The second-order valence-electron chi connectivity index (χ2n) is 2.31. The van der Waals surface area contributed by atoms with Crippen LogP contribution in [0.2, 0.25) is 0 Å². The SMILES string of the molecule is O=C1CCC(Cl)C(Cl)C1. The zero-order valence-electron chi connectivity index (χ0n) is 4.94. The molecule has 9 heavy (non-hydrogen) atoms. The Morgan fingerprint density at radius 1 is 1.33 bits per heavy atom. The zero-order chi connectivity index (χ0) is 6.85. The molecule has 2 atom stereocenters. The van der Waals surface area contributed by atoms with Gasteiger partial charge < -0.3 is 0 Å². The van der Waals surface area contributed by atoms with E-state index in [0.29, 0.717) is 12.8 Å². The van der Waals surface area contributed by atoms with E-state index in [2.05, 4.69) is 0 Å². The Bertz CT molecular complexity index is 124. The molecule has 1 aliphatic rings. The van der Waals surface area contributed by atoms with E-state index in [1.54, 1.807) is 0 Å². The fraction of sp³-hybridized carbons (Fsp3) is 0.833. The van der Waals surface area contributed by atoms with E-state index in [-0.39, 0.29) is 16.5 Å². The van der Waals surface area contributed by atoms with E-state index in [1.165, 1.54) is 0 Å². The van der Waals surface area contributed by atoms with Crippen molar-refractivity contribution in [1.82, 2.24) is 0 Å². The fourth-order valence-corrected chi connectivity index (χ4v) is 1.42. The topological polar surface area (TPSA) is 17.1 Å². The summed E-state index contributed by atoms with van der Waals surface area (Å²) < 4.78 is 0. The maximum atomic E-state index is 10.7. The van der Waals surface area contributed by atoms with Crippen molar-refractivity contribution in [1.29, 1.82) is 0 Å². The molecule has 1 fully saturated rings. The molecular formula is C6H8Cl2O. The Morgan fingerprint density at radius 3 is 2.44 bits per heavy atom. The molecule has 0 aromatic rings. The number of hydrogen-bond donors (Lipinski definition) is 0. The van der Waals surface area contributed by atoms with E-state index in [0.717, 1.165) is 6.42 Å². The quantitative estimate of drug-likeness (QED) is 0.504. The zero-order valence-corrected chi connectivity index (χ0v) is 6.45. The van der Waals surface area contributed by atoms with E-state index < -0.39 is 0 Å². The van der Waals surface area contributed by atoms with Crippen molar-refractivity contribution in [3.8, 4) is 0 Å². The van der Waals surface area contributed by atoms with Gasteiger partial charge in [0, 0.05) is 12.8 Å². The molecule has 0 aliphatic heterocycles. The minimum absolute atomic E-state index is 0.00404. The van der Waals surface area contributed by atoms with Crippen LogP contribution < -0.4 is 0 Å². The van der Waals surface area contributed by atoms with Gasteiger partial charge in [0.15, 0.2) is 0 Å². The number of hydrogen-bond acceptors (Lipinski definition) is 1. The Balaban J connectivity index is 2.44. The highest BCUT2D eigenvalue weighted by molar-refractivity contribution is 6.31. The number of carbonyl (C=O) groups excluding carboxylic acids is 1. The van der Waals surface area contributed by atoms with Crippen LogP contribution in [0.5, 0.6) is 0 Å². The normalized spacial score (nSPS) is 36.9. The van der Waals surface area contributed by atoms with Crippen LogP contribution in [-0.4, -0.2) is 16.5 Å². The molecule has 0 spiro atoms. The van der Waals surface area contributed by atoms with Crippen molar-refractivity contribution >= 4 is 29.0 Å². The summed E-state index contributed by atoms with van der Waals surface area (Å²) in [6.07, 6.45) is 1.81. The first kappa shape index (κ1) is 7.36. The molecule has 0 bridgehead atoms. The van der Waals surface area contributed by atoms with Gasteiger partial charge >= 0.3 is 0 Å². The summed E-state index contributed by atoms with van der Waals surface area (Å²) in [4.78, 5) is 10.7. The van der Waals surface area contributed by atoms with E-state index >= 15 is 0 Å². The van der Waals surface area contributed by atoms with Gasteiger partial charge in [-0.3, -0.25) is 4.79 Å². The molecule has 0 saturated heterocycles. The predicted octanol–water partition coefficient (Wildman–Crippen LogP) is 1.95. The number of rotatable bonds is 0. The minimum Gasteiger partial charge on any atom is -0.300 e. The third-order valence-electron chi connectivity index (χ3n) is 1.51. The van der Waals surface area contributed by atoms with Gasteiger partial charge in [-0.25, -0.2) is 0 Å². The molecule has 1 aliphatic carbocycles. The van der Waals surface area contributed by atoms with Crippen molar-refractivity contribution in [3.63, 3.8) is 0 Å². The monoisotopic (exact) mass is 166 g/mol. The molecule has 0 heterocycles. The number of alkyl halides is 2. The maximum absolute atomic E-state index is 10.7. The average molecular weight is 167 g/mol. The number of halogens is 2. The molecular weight excluding hydrogens is 159 g/mol. The number of ketones is 1. The molecule has 0 radical (unpaired) electrons. The van der Waals surface area contributed by atoms with E-state index in [4.69, 9.17) is 23.2 Å². The van der Waals surface area contributed by atoms with Crippen LogP contribution in [-0.2, 0) is 4.79 Å². The standard InChI is InChI=1S/C6H8Cl2O/c7-5-2-1-4(9)3-6(5)8/h5-6H,1-3H2. The van der Waals surface area contributed by atoms with Gasteiger partial charge in [-0.1, -0.05) is 0 Å². The molecule has 2 unspecified atom stereocenters. The van der Waals surface area contributed by atoms with Gasteiger partial charge in [-0.15, -0.1) is 23.2 Å². The van der Waals surface area contributed by atoms with Crippen LogP contribution in [0.1, 0.15) is 19.3 Å². The summed E-state index contributed by atoms with van der Waals surface area (Å²) in [5.41, 5.74) is 0. The van der Waals surface area contributed by atoms with Gasteiger partial charge in [0.1, 0.15) is 5.78 Å². The Kier molecular flexibility index (Phi) is 2.36. The van der Waals surface area contributed by atoms with Gasteiger partial charge in [-0.05, 0) is 6.42 Å². The highest BCUT2D eigenvalue weighted by Gasteiger charge is 2.25. The summed E-state index contributed by atoms with van der Waals surface area (Å²) in [7, 11) is 0. The maximum Gasteiger partial charge on any atom is 0.134 e. The molecule has 3 heteroatoms. The molecule has 0 aromatic carbocycles. The highest BCUT2D eigenvalue weighted by atomic mass is 35.5. The van der Waals surface area contributed by atoms with Gasteiger partial charge in [0.2, 0.25) is 0 Å². The van der Waals surface area contributed by atoms with Crippen LogP contribution in [0.4, 0.5) is 0 Å². The first-order valence-electron chi connectivity index (χ1n) is 3.00. The average Bonchev–Trinajstić information content (AvgIpc) is 1.80. The number of carbonyl (C=O) groups is 1. The molecule has 1 saturated carbocycles. The van der Waals surface area contributed by atoms with Gasteiger partial charge in [0.05, 0.1) is 10.8 Å². The molecule has 52 valence electrons. The van der Waals surface area contributed by atoms with Crippen molar-refractivity contribution in [2.75, 3.05) is 0 Å². The third kappa shape index (κ3) is 1.84. The smallest absolute Gasteiger partial charge is 0.134 e. The summed E-state index contributed by atoms with van der Waals surface area (Å²) in [5.74, 6) is 0.243. The predicted molar refractivity (Wildman–Crippen MR) is 38.1 cm³/mol. The van der Waals surface area contributed by atoms with Crippen molar-refractivity contribution in [2.45, 2.75) is 30.0 Å². The molecule has 1 nitrogen and oxygen atoms in total. The van der Waals surface area contributed by atoms with Gasteiger partial charge in [0.25, 0.3) is 0 Å².